The first-order valence-corrected chi connectivity index (χ1v) is 6.38. The van der Waals surface area contributed by atoms with Crippen molar-refractivity contribution in [1.29, 1.82) is 5.26 Å². The lowest BCUT2D eigenvalue weighted by atomic mass is 10.1. The molecule has 0 spiro atoms. The summed E-state index contributed by atoms with van der Waals surface area (Å²) < 4.78 is 0. The van der Waals surface area contributed by atoms with Crippen LogP contribution in [0.4, 0.5) is 11.8 Å². The van der Waals surface area contributed by atoms with Crippen molar-refractivity contribution in [3.63, 3.8) is 0 Å². The van der Waals surface area contributed by atoms with Crippen molar-refractivity contribution in [3.05, 3.63) is 11.8 Å². The summed E-state index contributed by atoms with van der Waals surface area (Å²) in [5, 5.41) is 12.0. The lowest BCUT2D eigenvalue weighted by molar-refractivity contribution is -0.119. The summed E-state index contributed by atoms with van der Waals surface area (Å²) in [7, 11) is 0. The number of rotatable bonds is 4. The zero-order valence-electron chi connectivity index (χ0n) is 11.0. The molecule has 2 rings (SSSR count). The number of nitrogen functional groups attached to an aromatic ring is 1. The minimum absolute atomic E-state index is 0.177. The van der Waals surface area contributed by atoms with Gasteiger partial charge in [0, 0.05) is 19.1 Å². The van der Waals surface area contributed by atoms with Crippen LogP contribution in [0.25, 0.3) is 0 Å². The van der Waals surface area contributed by atoms with Crippen molar-refractivity contribution < 1.29 is 4.79 Å². The van der Waals surface area contributed by atoms with E-state index < -0.39 is 0 Å². The van der Waals surface area contributed by atoms with Gasteiger partial charge in [0.05, 0.1) is 12.7 Å². The Morgan fingerprint density at radius 2 is 2.25 bits per heavy atom. The highest BCUT2D eigenvalue weighted by atomic mass is 16.1. The summed E-state index contributed by atoms with van der Waals surface area (Å²) >= 11 is 0. The standard InChI is InChI=1S/C12H17N7O/c13-5-8-6-16-12(18-11(8)15)17-9-1-3-19(4-2-9)7-10(14)20/h6,9H,1-4,7H2,(H2,14,20)(H3,15,16,17,18). The Morgan fingerprint density at radius 3 is 2.80 bits per heavy atom. The molecule has 1 saturated heterocycles. The highest BCUT2D eigenvalue weighted by molar-refractivity contribution is 5.75. The number of hydrogen-bond donors (Lipinski definition) is 3. The van der Waals surface area contributed by atoms with Crippen molar-refractivity contribution in [3.8, 4) is 6.07 Å². The number of carbonyl (C=O) groups is 1. The topological polar surface area (TPSA) is 134 Å². The minimum atomic E-state index is -0.306. The highest BCUT2D eigenvalue weighted by Crippen LogP contribution is 2.15. The smallest absolute Gasteiger partial charge is 0.231 e. The predicted molar refractivity (Wildman–Crippen MR) is 73.4 cm³/mol. The van der Waals surface area contributed by atoms with Crippen LogP contribution in [0.1, 0.15) is 18.4 Å². The van der Waals surface area contributed by atoms with Crippen molar-refractivity contribution in [2.24, 2.45) is 5.73 Å². The molecule has 8 nitrogen and oxygen atoms in total. The molecule has 106 valence electrons. The average Bonchev–Trinajstić information content (AvgIpc) is 2.41. The Labute approximate surface area is 116 Å². The number of nitriles is 1. The van der Waals surface area contributed by atoms with Gasteiger partial charge in [-0.15, -0.1) is 0 Å². The SMILES string of the molecule is N#Cc1cnc(NC2CCN(CC(N)=O)CC2)nc1N. The van der Waals surface area contributed by atoms with Crippen LogP contribution in [0.15, 0.2) is 6.20 Å². The zero-order chi connectivity index (χ0) is 14.5. The van der Waals surface area contributed by atoms with Gasteiger partial charge in [-0.25, -0.2) is 4.98 Å². The van der Waals surface area contributed by atoms with E-state index in [1.807, 2.05) is 11.0 Å². The van der Waals surface area contributed by atoms with Crippen molar-refractivity contribution >= 4 is 17.7 Å². The first-order chi connectivity index (χ1) is 9.58. The summed E-state index contributed by atoms with van der Waals surface area (Å²) in [6, 6.07) is 2.15. The summed E-state index contributed by atoms with van der Waals surface area (Å²) in [6.07, 6.45) is 3.15. The number of likely N-dealkylation sites (tertiary alicyclic amines) is 1. The predicted octanol–water partition coefficient (Wildman–Crippen LogP) is -0.708. The van der Waals surface area contributed by atoms with Crippen LogP contribution in [0, 0.1) is 11.3 Å². The van der Waals surface area contributed by atoms with Gasteiger partial charge in [0.1, 0.15) is 17.5 Å². The Bertz CT molecular complexity index is 531. The van der Waals surface area contributed by atoms with E-state index >= 15 is 0 Å². The van der Waals surface area contributed by atoms with Gasteiger partial charge < -0.3 is 16.8 Å². The Morgan fingerprint density at radius 1 is 1.55 bits per heavy atom. The van der Waals surface area contributed by atoms with Crippen LogP contribution in [-0.2, 0) is 4.79 Å². The number of hydrogen-bond acceptors (Lipinski definition) is 7. The van der Waals surface area contributed by atoms with Gasteiger partial charge in [0.25, 0.3) is 0 Å². The Hall–Kier alpha value is -2.40. The second kappa shape index (κ2) is 6.16. The maximum absolute atomic E-state index is 10.8. The van der Waals surface area contributed by atoms with Crippen LogP contribution in [-0.4, -0.2) is 46.5 Å². The second-order valence-electron chi connectivity index (χ2n) is 4.77. The molecule has 1 aliphatic rings. The minimum Gasteiger partial charge on any atom is -0.382 e. The third-order valence-corrected chi connectivity index (χ3v) is 3.24. The molecular formula is C12H17N7O. The summed E-state index contributed by atoms with van der Waals surface area (Å²) in [5.41, 5.74) is 11.1. The van der Waals surface area contributed by atoms with Gasteiger partial charge in [-0.2, -0.15) is 10.2 Å². The van der Waals surface area contributed by atoms with Crippen molar-refractivity contribution in [1.82, 2.24) is 14.9 Å². The van der Waals surface area contributed by atoms with E-state index in [1.54, 1.807) is 0 Å². The van der Waals surface area contributed by atoms with Crippen LogP contribution in [0.2, 0.25) is 0 Å². The Kier molecular flexibility index (Phi) is 4.32. The largest absolute Gasteiger partial charge is 0.382 e. The van der Waals surface area contributed by atoms with Gasteiger partial charge in [0.2, 0.25) is 11.9 Å². The quantitative estimate of drug-likeness (QED) is 0.660. The highest BCUT2D eigenvalue weighted by Gasteiger charge is 2.20. The molecule has 1 amide bonds. The fourth-order valence-corrected chi connectivity index (χ4v) is 2.19. The lowest BCUT2D eigenvalue weighted by Gasteiger charge is -2.31. The fraction of sp³-hybridized carbons (Fsp3) is 0.500. The first-order valence-electron chi connectivity index (χ1n) is 6.38. The average molecular weight is 275 g/mol. The third-order valence-electron chi connectivity index (χ3n) is 3.24. The van der Waals surface area contributed by atoms with E-state index in [0.717, 1.165) is 25.9 Å². The van der Waals surface area contributed by atoms with Crippen molar-refractivity contribution in [2.75, 3.05) is 30.7 Å². The maximum atomic E-state index is 10.8. The fourth-order valence-electron chi connectivity index (χ4n) is 2.19. The number of nitrogens with one attached hydrogen (secondary N) is 1. The molecule has 0 saturated carbocycles. The molecule has 0 radical (unpaired) electrons. The van der Waals surface area contributed by atoms with Crippen LogP contribution in [0.3, 0.4) is 0 Å². The zero-order valence-corrected chi connectivity index (χ0v) is 11.0. The van der Waals surface area contributed by atoms with E-state index in [9.17, 15) is 4.79 Å². The molecule has 1 aromatic rings. The first kappa shape index (κ1) is 14.0. The summed E-state index contributed by atoms with van der Waals surface area (Å²) in [4.78, 5) is 21.0. The van der Waals surface area contributed by atoms with Gasteiger partial charge in [-0.05, 0) is 12.8 Å². The van der Waals surface area contributed by atoms with E-state index in [-0.39, 0.29) is 23.3 Å². The molecule has 0 bridgehead atoms. The normalized spacial score (nSPS) is 16.6. The molecule has 0 aromatic carbocycles. The number of aromatic nitrogens is 2. The monoisotopic (exact) mass is 275 g/mol. The second-order valence-corrected chi connectivity index (χ2v) is 4.77. The number of anilines is 2. The molecular weight excluding hydrogens is 258 g/mol. The molecule has 0 unspecified atom stereocenters. The maximum Gasteiger partial charge on any atom is 0.231 e. The van der Waals surface area contributed by atoms with Gasteiger partial charge in [0.15, 0.2) is 0 Å². The number of piperidine rings is 1. The lowest BCUT2D eigenvalue weighted by Crippen LogP contribution is -2.43. The van der Waals surface area contributed by atoms with Gasteiger partial charge in [-0.3, -0.25) is 9.69 Å². The van der Waals surface area contributed by atoms with E-state index in [0.29, 0.717) is 12.5 Å². The number of carbonyl (C=O) groups excluding carboxylic acids is 1. The third kappa shape index (κ3) is 3.55. The van der Waals surface area contributed by atoms with E-state index in [1.165, 1.54) is 6.20 Å². The van der Waals surface area contributed by atoms with Gasteiger partial charge >= 0.3 is 0 Å². The summed E-state index contributed by atoms with van der Waals surface area (Å²) in [5.74, 6) is 0.297. The number of amides is 1. The molecule has 2 heterocycles. The molecule has 0 atom stereocenters. The number of nitrogens with zero attached hydrogens (tertiary/aromatic N) is 4. The summed E-state index contributed by atoms with van der Waals surface area (Å²) in [6.45, 7) is 1.89. The molecule has 1 fully saturated rings. The van der Waals surface area contributed by atoms with E-state index in [2.05, 4.69) is 15.3 Å². The number of nitrogens with two attached hydrogens (primary N) is 2. The van der Waals surface area contributed by atoms with Crippen LogP contribution >= 0.6 is 0 Å². The molecule has 5 N–H and O–H groups in total. The number of primary amides is 1. The molecule has 1 aliphatic heterocycles. The van der Waals surface area contributed by atoms with Crippen molar-refractivity contribution in [2.45, 2.75) is 18.9 Å². The molecule has 8 heteroatoms. The van der Waals surface area contributed by atoms with E-state index in [4.69, 9.17) is 16.7 Å². The van der Waals surface area contributed by atoms with Crippen LogP contribution in [0.5, 0.6) is 0 Å². The van der Waals surface area contributed by atoms with Gasteiger partial charge in [-0.1, -0.05) is 0 Å². The molecule has 0 aliphatic carbocycles. The van der Waals surface area contributed by atoms with Crippen LogP contribution < -0.4 is 16.8 Å². The molecule has 20 heavy (non-hydrogen) atoms. The Balaban J connectivity index is 1.88. The molecule has 1 aromatic heterocycles.